The summed E-state index contributed by atoms with van der Waals surface area (Å²) < 4.78 is 11.2. The molecule has 0 aromatic carbocycles. The van der Waals surface area contributed by atoms with E-state index in [9.17, 15) is 30.3 Å². The molecule has 9 heteroatoms. The zero-order valence-corrected chi connectivity index (χ0v) is 35.7. The average molecular weight is 784 g/mol. The number of aliphatic hydroxyl groups excluding tert-OH is 5. The Labute approximate surface area is 337 Å². The van der Waals surface area contributed by atoms with Gasteiger partial charge in [0.15, 0.2) is 6.29 Å². The van der Waals surface area contributed by atoms with Crippen LogP contribution < -0.4 is 5.32 Å². The summed E-state index contributed by atoms with van der Waals surface area (Å²) in [6.07, 6.45) is 35.5. The van der Waals surface area contributed by atoms with Gasteiger partial charge < -0.3 is 40.3 Å². The lowest BCUT2D eigenvalue weighted by Gasteiger charge is -2.40. The Morgan fingerprint density at radius 3 is 1.42 bits per heavy atom. The van der Waals surface area contributed by atoms with E-state index in [-0.39, 0.29) is 12.5 Å². The van der Waals surface area contributed by atoms with E-state index >= 15 is 0 Å². The zero-order valence-electron chi connectivity index (χ0n) is 35.7. The van der Waals surface area contributed by atoms with Crippen molar-refractivity contribution in [3.63, 3.8) is 0 Å². The van der Waals surface area contributed by atoms with Gasteiger partial charge in [0.25, 0.3) is 0 Å². The molecule has 0 spiro atoms. The highest BCUT2D eigenvalue weighted by Crippen LogP contribution is 2.23. The van der Waals surface area contributed by atoms with Crippen LogP contribution in [0, 0.1) is 0 Å². The van der Waals surface area contributed by atoms with Gasteiger partial charge in [-0.2, -0.15) is 0 Å². The van der Waals surface area contributed by atoms with Crippen molar-refractivity contribution in [1.82, 2.24) is 5.32 Å². The van der Waals surface area contributed by atoms with E-state index in [2.05, 4.69) is 19.2 Å². The summed E-state index contributed by atoms with van der Waals surface area (Å²) in [7, 11) is 0. The van der Waals surface area contributed by atoms with Crippen molar-refractivity contribution in [2.45, 2.75) is 262 Å². The van der Waals surface area contributed by atoms with E-state index in [4.69, 9.17) is 9.47 Å². The maximum atomic E-state index is 12.9. The minimum atomic E-state index is -1.56. The summed E-state index contributed by atoms with van der Waals surface area (Å²) in [5, 5.41) is 54.1. The molecule has 9 nitrogen and oxygen atoms in total. The van der Waals surface area contributed by atoms with Gasteiger partial charge >= 0.3 is 0 Å². The molecule has 0 saturated carbocycles. The van der Waals surface area contributed by atoms with Crippen LogP contribution in [0.5, 0.6) is 0 Å². The van der Waals surface area contributed by atoms with E-state index < -0.39 is 49.5 Å². The lowest BCUT2D eigenvalue weighted by Crippen LogP contribution is -2.60. The fourth-order valence-electron chi connectivity index (χ4n) is 7.57. The molecule has 326 valence electrons. The van der Waals surface area contributed by atoms with Crippen molar-refractivity contribution in [2.75, 3.05) is 13.2 Å². The summed E-state index contributed by atoms with van der Waals surface area (Å²) in [6, 6.07) is -0.797. The monoisotopic (exact) mass is 784 g/mol. The van der Waals surface area contributed by atoms with E-state index in [1.54, 1.807) is 6.08 Å². The predicted molar refractivity (Wildman–Crippen MR) is 226 cm³/mol. The molecule has 1 aliphatic rings. The highest BCUT2D eigenvalue weighted by atomic mass is 16.7. The Hall–Kier alpha value is -1.07. The van der Waals surface area contributed by atoms with Crippen LogP contribution in [0.4, 0.5) is 0 Å². The third-order valence-corrected chi connectivity index (χ3v) is 11.4. The van der Waals surface area contributed by atoms with Crippen LogP contribution in [0.1, 0.15) is 219 Å². The van der Waals surface area contributed by atoms with Crippen molar-refractivity contribution in [3.05, 3.63) is 12.2 Å². The van der Waals surface area contributed by atoms with Gasteiger partial charge in [-0.3, -0.25) is 4.79 Å². The zero-order chi connectivity index (χ0) is 40.2. The second-order valence-electron chi connectivity index (χ2n) is 16.6. The molecule has 0 aromatic rings. The van der Waals surface area contributed by atoms with Crippen LogP contribution in [-0.4, -0.2) is 87.5 Å². The van der Waals surface area contributed by atoms with Crippen molar-refractivity contribution < 1.29 is 39.8 Å². The Bertz CT molecular complexity index is 873. The molecule has 1 saturated heterocycles. The Morgan fingerprint density at radius 1 is 0.600 bits per heavy atom. The fourth-order valence-corrected chi connectivity index (χ4v) is 7.57. The largest absolute Gasteiger partial charge is 0.394 e. The third kappa shape index (κ3) is 28.1. The molecule has 0 aromatic heterocycles. The lowest BCUT2D eigenvalue weighted by molar-refractivity contribution is -0.302. The second-order valence-corrected chi connectivity index (χ2v) is 16.6. The summed E-state index contributed by atoms with van der Waals surface area (Å²) in [5.41, 5.74) is 0. The molecule has 55 heavy (non-hydrogen) atoms. The van der Waals surface area contributed by atoms with Crippen LogP contribution >= 0.6 is 0 Å². The number of ether oxygens (including phenoxy) is 2. The first-order chi connectivity index (χ1) is 26.8. The fraction of sp³-hybridized carbons (Fsp3) is 0.935. The summed E-state index contributed by atoms with van der Waals surface area (Å²) in [4.78, 5) is 12.9. The molecule has 1 amide bonds. The maximum Gasteiger partial charge on any atom is 0.220 e. The molecule has 1 heterocycles. The number of allylic oxidation sites excluding steroid dienone is 1. The van der Waals surface area contributed by atoms with Gasteiger partial charge in [0.1, 0.15) is 24.4 Å². The van der Waals surface area contributed by atoms with Crippen molar-refractivity contribution >= 4 is 5.91 Å². The molecule has 1 fully saturated rings. The number of unbranched alkanes of at least 4 members (excludes halogenated alkanes) is 29. The minimum Gasteiger partial charge on any atom is -0.394 e. The number of hydrogen-bond acceptors (Lipinski definition) is 8. The number of carbonyl (C=O) groups is 1. The number of aliphatic hydroxyl groups is 5. The predicted octanol–water partition coefficient (Wildman–Crippen LogP) is 9.73. The van der Waals surface area contributed by atoms with Gasteiger partial charge in [-0.15, -0.1) is 0 Å². The first-order valence-corrected chi connectivity index (χ1v) is 23.4. The topological polar surface area (TPSA) is 149 Å². The van der Waals surface area contributed by atoms with Crippen molar-refractivity contribution in [3.8, 4) is 0 Å². The van der Waals surface area contributed by atoms with Crippen molar-refractivity contribution in [1.29, 1.82) is 0 Å². The standard InChI is InChI=1S/C46H89NO8/c1-3-5-7-9-11-13-15-16-17-18-19-20-21-22-23-24-26-27-29-31-33-35-40(49)39(38-54-46-45(53)44(52)43(51)41(37-48)55-46)47-42(50)36-34-32-30-28-25-14-12-10-8-6-4-2/h33,35,39-41,43-46,48-49,51-53H,3-32,34,36-38H2,1-2H3,(H,47,50)/b35-33+. The molecule has 6 N–H and O–H groups in total. The molecule has 7 atom stereocenters. The number of amides is 1. The molecule has 0 radical (unpaired) electrons. The van der Waals surface area contributed by atoms with Gasteiger partial charge in [-0.25, -0.2) is 0 Å². The van der Waals surface area contributed by atoms with Crippen molar-refractivity contribution in [2.24, 2.45) is 0 Å². The first kappa shape index (κ1) is 51.9. The quantitative estimate of drug-likeness (QED) is 0.0267. The highest BCUT2D eigenvalue weighted by Gasteiger charge is 2.44. The van der Waals surface area contributed by atoms with Gasteiger partial charge in [-0.05, 0) is 19.3 Å². The summed E-state index contributed by atoms with van der Waals surface area (Å²) in [6.45, 7) is 3.77. The van der Waals surface area contributed by atoms with E-state index in [1.807, 2.05) is 6.08 Å². The number of nitrogens with one attached hydrogen (secondary N) is 1. The molecular formula is C46H89NO8. The Balaban J connectivity index is 2.30. The van der Waals surface area contributed by atoms with E-state index in [1.165, 1.54) is 161 Å². The Kier molecular flexibility index (Phi) is 35.2. The van der Waals surface area contributed by atoms with Crippen LogP contribution in [-0.2, 0) is 14.3 Å². The maximum absolute atomic E-state index is 12.9. The van der Waals surface area contributed by atoms with Gasteiger partial charge in [-0.1, -0.05) is 206 Å². The van der Waals surface area contributed by atoms with E-state index in [0.29, 0.717) is 6.42 Å². The second kappa shape index (κ2) is 37.2. The number of carbonyl (C=O) groups excluding carboxylic acids is 1. The van der Waals surface area contributed by atoms with Gasteiger partial charge in [0.05, 0.1) is 25.4 Å². The van der Waals surface area contributed by atoms with Gasteiger partial charge in [0.2, 0.25) is 5.91 Å². The third-order valence-electron chi connectivity index (χ3n) is 11.4. The van der Waals surface area contributed by atoms with Gasteiger partial charge in [0, 0.05) is 6.42 Å². The number of hydrogen-bond donors (Lipinski definition) is 6. The van der Waals surface area contributed by atoms with Crippen LogP contribution in [0.25, 0.3) is 0 Å². The van der Waals surface area contributed by atoms with E-state index in [0.717, 1.165) is 38.5 Å². The lowest BCUT2D eigenvalue weighted by atomic mass is 9.99. The Morgan fingerprint density at radius 2 is 1.00 bits per heavy atom. The average Bonchev–Trinajstić information content (AvgIpc) is 3.18. The normalized spacial score (nSPS) is 21.3. The molecular weight excluding hydrogens is 695 g/mol. The number of rotatable bonds is 39. The summed E-state index contributed by atoms with van der Waals surface area (Å²) >= 11 is 0. The minimum absolute atomic E-state index is 0.176. The first-order valence-electron chi connectivity index (χ1n) is 23.4. The molecule has 1 rings (SSSR count). The highest BCUT2D eigenvalue weighted by molar-refractivity contribution is 5.76. The van der Waals surface area contributed by atoms with Crippen LogP contribution in [0.2, 0.25) is 0 Å². The SMILES string of the molecule is CCCCCCCCCCCCCCCCCCCCC/C=C/C(O)C(COC1OC(CO)C(O)C(O)C1O)NC(=O)CCCCCCCCCCCCC. The molecule has 0 bridgehead atoms. The smallest absolute Gasteiger partial charge is 0.220 e. The molecule has 7 unspecified atom stereocenters. The van der Waals surface area contributed by atoms with Crippen LogP contribution in [0.3, 0.4) is 0 Å². The molecule has 0 aliphatic carbocycles. The van der Waals surface area contributed by atoms with Crippen LogP contribution in [0.15, 0.2) is 12.2 Å². The summed E-state index contributed by atoms with van der Waals surface area (Å²) in [5.74, 6) is -0.176. The molecule has 1 aliphatic heterocycles.